The lowest BCUT2D eigenvalue weighted by Gasteiger charge is -2.00. The maximum absolute atomic E-state index is 5.93. The molecule has 1 aromatic carbocycles. The van der Waals surface area contributed by atoms with Gasteiger partial charge in [0.15, 0.2) is 0 Å². The number of aromatic amines is 1. The van der Waals surface area contributed by atoms with Crippen LogP contribution in [-0.2, 0) is 6.42 Å². The van der Waals surface area contributed by atoms with Crippen LogP contribution in [0, 0.1) is 0 Å². The maximum atomic E-state index is 5.93. The van der Waals surface area contributed by atoms with E-state index in [9.17, 15) is 0 Å². The Kier molecular flexibility index (Phi) is 2.89. The number of benzene rings is 1. The summed E-state index contributed by atoms with van der Waals surface area (Å²) in [6.07, 6.45) is 4.33. The van der Waals surface area contributed by atoms with Crippen LogP contribution in [0.3, 0.4) is 0 Å². The number of H-pyrrole nitrogens is 1. The Balaban J connectivity index is 2.25. The summed E-state index contributed by atoms with van der Waals surface area (Å²) in [4.78, 5) is 7.21. The predicted octanol–water partition coefficient (Wildman–Crippen LogP) is 3.42. The predicted molar refractivity (Wildman–Crippen MR) is 60.5 cm³/mol. The Morgan fingerprint density at radius 2 is 2.21 bits per heavy atom. The first-order valence-electron chi connectivity index (χ1n) is 4.17. The van der Waals surface area contributed by atoms with E-state index in [-0.39, 0.29) is 0 Å². The highest BCUT2D eigenvalue weighted by molar-refractivity contribution is 9.10. The van der Waals surface area contributed by atoms with Gasteiger partial charge in [-0.25, -0.2) is 4.98 Å². The van der Waals surface area contributed by atoms with Crippen molar-refractivity contribution in [1.82, 2.24) is 9.97 Å². The molecule has 1 heterocycles. The van der Waals surface area contributed by atoms with E-state index in [4.69, 9.17) is 11.6 Å². The van der Waals surface area contributed by atoms with E-state index in [0.29, 0.717) is 0 Å². The number of nitrogens with one attached hydrogen (secondary N) is 1. The first-order valence-corrected chi connectivity index (χ1v) is 5.34. The van der Waals surface area contributed by atoms with Gasteiger partial charge in [-0.2, -0.15) is 0 Å². The summed E-state index contributed by atoms with van der Waals surface area (Å²) in [5, 5.41) is 0.737. The van der Waals surface area contributed by atoms with Crippen LogP contribution >= 0.6 is 27.5 Å². The van der Waals surface area contributed by atoms with E-state index in [1.54, 1.807) is 6.20 Å². The lowest BCUT2D eigenvalue weighted by Crippen LogP contribution is -1.90. The smallest absolute Gasteiger partial charge is 0.110 e. The summed E-state index contributed by atoms with van der Waals surface area (Å²) in [6, 6.07) is 5.84. The molecule has 0 spiro atoms. The Labute approximate surface area is 95.5 Å². The largest absolute Gasteiger partial charge is 0.348 e. The molecule has 0 unspecified atom stereocenters. The molecule has 0 saturated heterocycles. The lowest BCUT2D eigenvalue weighted by molar-refractivity contribution is 1.02. The van der Waals surface area contributed by atoms with Gasteiger partial charge in [0.05, 0.1) is 0 Å². The van der Waals surface area contributed by atoms with Gasteiger partial charge in [-0.05, 0) is 23.8 Å². The van der Waals surface area contributed by atoms with Crippen molar-refractivity contribution in [3.8, 4) is 0 Å². The van der Waals surface area contributed by atoms with Crippen molar-refractivity contribution in [3.05, 3.63) is 51.5 Å². The van der Waals surface area contributed by atoms with E-state index in [0.717, 1.165) is 27.3 Å². The molecule has 1 aromatic heterocycles. The normalized spacial score (nSPS) is 10.4. The molecule has 0 atom stereocenters. The lowest BCUT2D eigenvalue weighted by atomic mass is 10.1. The molecule has 0 aliphatic heterocycles. The van der Waals surface area contributed by atoms with E-state index in [1.807, 2.05) is 24.4 Å². The zero-order chi connectivity index (χ0) is 9.97. The molecule has 0 saturated carbocycles. The monoisotopic (exact) mass is 270 g/mol. The van der Waals surface area contributed by atoms with E-state index >= 15 is 0 Å². The molecular formula is C10H8BrClN2. The highest BCUT2D eigenvalue weighted by Crippen LogP contribution is 2.20. The third-order valence-electron chi connectivity index (χ3n) is 1.85. The topological polar surface area (TPSA) is 28.7 Å². The molecule has 72 valence electrons. The quantitative estimate of drug-likeness (QED) is 0.891. The molecule has 14 heavy (non-hydrogen) atoms. The summed E-state index contributed by atoms with van der Waals surface area (Å²) >= 11 is 9.33. The van der Waals surface area contributed by atoms with Crippen LogP contribution in [0.15, 0.2) is 35.1 Å². The number of hydrogen-bond donors (Lipinski definition) is 1. The zero-order valence-corrected chi connectivity index (χ0v) is 9.64. The van der Waals surface area contributed by atoms with Crippen molar-refractivity contribution < 1.29 is 0 Å². The van der Waals surface area contributed by atoms with Crippen LogP contribution in [0.4, 0.5) is 0 Å². The molecule has 0 aliphatic carbocycles. The second-order valence-electron chi connectivity index (χ2n) is 2.99. The zero-order valence-electron chi connectivity index (χ0n) is 7.30. The van der Waals surface area contributed by atoms with Gasteiger partial charge in [0.1, 0.15) is 5.82 Å². The fourth-order valence-electron chi connectivity index (χ4n) is 1.30. The summed E-state index contributed by atoms with van der Waals surface area (Å²) in [6.45, 7) is 0. The maximum Gasteiger partial charge on any atom is 0.110 e. The molecule has 2 aromatic rings. The van der Waals surface area contributed by atoms with Gasteiger partial charge in [-0.15, -0.1) is 0 Å². The van der Waals surface area contributed by atoms with E-state index in [1.165, 1.54) is 0 Å². The Hall–Kier alpha value is -0.800. The van der Waals surface area contributed by atoms with Gasteiger partial charge in [0, 0.05) is 28.3 Å². The summed E-state index contributed by atoms with van der Waals surface area (Å²) < 4.78 is 0.992. The number of hydrogen-bond acceptors (Lipinski definition) is 1. The third kappa shape index (κ3) is 2.36. The molecule has 2 nitrogen and oxygen atoms in total. The van der Waals surface area contributed by atoms with Crippen molar-refractivity contribution in [3.63, 3.8) is 0 Å². The van der Waals surface area contributed by atoms with E-state index < -0.39 is 0 Å². The van der Waals surface area contributed by atoms with Crippen LogP contribution in [0.5, 0.6) is 0 Å². The van der Waals surface area contributed by atoms with Crippen molar-refractivity contribution in [2.75, 3.05) is 0 Å². The van der Waals surface area contributed by atoms with Gasteiger partial charge < -0.3 is 4.98 Å². The number of aromatic nitrogens is 2. The van der Waals surface area contributed by atoms with Crippen LogP contribution in [0.1, 0.15) is 11.4 Å². The van der Waals surface area contributed by atoms with Crippen LogP contribution in [0.2, 0.25) is 5.02 Å². The molecule has 1 N–H and O–H groups in total. The highest BCUT2D eigenvalue weighted by Gasteiger charge is 2.00. The summed E-state index contributed by atoms with van der Waals surface area (Å²) in [5.74, 6) is 0.944. The van der Waals surface area contributed by atoms with E-state index in [2.05, 4.69) is 25.9 Å². The number of nitrogens with zero attached hydrogens (tertiary/aromatic N) is 1. The van der Waals surface area contributed by atoms with Crippen LogP contribution in [0.25, 0.3) is 0 Å². The average molecular weight is 272 g/mol. The molecule has 0 bridgehead atoms. The standard InChI is InChI=1S/C10H8BrClN2/c11-8-3-7(4-9(12)6-8)5-10-13-1-2-14-10/h1-4,6H,5H2,(H,13,14). The molecule has 2 rings (SSSR count). The number of imidazole rings is 1. The van der Waals surface area contributed by atoms with Crippen molar-refractivity contribution in [2.24, 2.45) is 0 Å². The molecular weight excluding hydrogens is 263 g/mol. The minimum Gasteiger partial charge on any atom is -0.348 e. The SMILES string of the molecule is Clc1cc(Br)cc(Cc2ncc[nH]2)c1. The first kappa shape index (κ1) is 9.74. The van der Waals surface area contributed by atoms with Crippen LogP contribution < -0.4 is 0 Å². The minimum atomic E-state index is 0.737. The summed E-state index contributed by atoms with van der Waals surface area (Å²) in [5.41, 5.74) is 1.14. The van der Waals surface area contributed by atoms with Crippen molar-refractivity contribution in [1.29, 1.82) is 0 Å². The van der Waals surface area contributed by atoms with Crippen LogP contribution in [-0.4, -0.2) is 9.97 Å². The van der Waals surface area contributed by atoms with Gasteiger partial charge in [-0.3, -0.25) is 0 Å². The van der Waals surface area contributed by atoms with Gasteiger partial charge >= 0.3 is 0 Å². The van der Waals surface area contributed by atoms with Gasteiger partial charge in [-0.1, -0.05) is 27.5 Å². The summed E-state index contributed by atoms with van der Waals surface area (Å²) in [7, 11) is 0. The molecule has 0 radical (unpaired) electrons. The fourth-order valence-corrected chi connectivity index (χ4v) is 2.23. The molecule has 0 amide bonds. The first-order chi connectivity index (χ1) is 6.74. The average Bonchev–Trinajstić information content (AvgIpc) is 2.54. The Morgan fingerprint density at radius 1 is 1.36 bits per heavy atom. The molecule has 0 fully saturated rings. The Bertz CT molecular complexity index is 405. The Morgan fingerprint density at radius 3 is 2.86 bits per heavy atom. The number of halogens is 2. The van der Waals surface area contributed by atoms with Gasteiger partial charge in [0.25, 0.3) is 0 Å². The minimum absolute atomic E-state index is 0.737. The van der Waals surface area contributed by atoms with Crippen molar-refractivity contribution >= 4 is 27.5 Å². The number of rotatable bonds is 2. The van der Waals surface area contributed by atoms with Crippen molar-refractivity contribution in [2.45, 2.75) is 6.42 Å². The highest BCUT2D eigenvalue weighted by atomic mass is 79.9. The second kappa shape index (κ2) is 4.15. The second-order valence-corrected chi connectivity index (χ2v) is 4.34. The fraction of sp³-hybridized carbons (Fsp3) is 0.100. The molecule has 0 aliphatic rings. The third-order valence-corrected chi connectivity index (χ3v) is 2.52. The van der Waals surface area contributed by atoms with Gasteiger partial charge in [0.2, 0.25) is 0 Å². The molecule has 4 heteroatoms.